The largest absolute Gasteiger partial charge is 0.338 e. The second-order valence-corrected chi connectivity index (χ2v) is 5.36. The molecule has 0 saturated carbocycles. The molecule has 1 aliphatic heterocycles. The lowest BCUT2D eigenvalue weighted by molar-refractivity contribution is -0.135. The van der Waals surface area contributed by atoms with Gasteiger partial charge >= 0.3 is 0 Å². The van der Waals surface area contributed by atoms with Crippen LogP contribution in [-0.2, 0) is 11.2 Å². The van der Waals surface area contributed by atoms with E-state index in [1.807, 2.05) is 24.0 Å². The summed E-state index contributed by atoms with van der Waals surface area (Å²) in [6.07, 6.45) is 8.21. The maximum atomic E-state index is 12.3. The Kier molecular flexibility index (Phi) is 9.58. The highest BCUT2D eigenvalue weighted by molar-refractivity contribution is 5.85. The molecule has 2 unspecified atom stereocenters. The van der Waals surface area contributed by atoms with Gasteiger partial charge in [0.1, 0.15) is 0 Å². The molecule has 120 valence electrons. The summed E-state index contributed by atoms with van der Waals surface area (Å²) in [6, 6.07) is 4.21. The zero-order valence-corrected chi connectivity index (χ0v) is 14.0. The second kappa shape index (κ2) is 9.98. The number of rotatable bonds is 4. The Morgan fingerprint density at radius 2 is 2.05 bits per heavy atom. The fraction of sp³-hybridized carbons (Fsp3) is 0.600. The van der Waals surface area contributed by atoms with Crippen molar-refractivity contribution in [3.05, 3.63) is 30.1 Å². The van der Waals surface area contributed by atoms with Crippen LogP contribution in [0.15, 0.2) is 24.5 Å². The van der Waals surface area contributed by atoms with E-state index in [1.54, 1.807) is 12.4 Å². The van der Waals surface area contributed by atoms with Crippen LogP contribution in [0.1, 0.15) is 38.2 Å². The van der Waals surface area contributed by atoms with Gasteiger partial charge in [0.25, 0.3) is 0 Å². The van der Waals surface area contributed by atoms with Crippen molar-refractivity contribution in [2.75, 3.05) is 6.54 Å². The van der Waals surface area contributed by atoms with Crippen molar-refractivity contribution in [3.63, 3.8) is 0 Å². The first-order valence-corrected chi connectivity index (χ1v) is 7.12. The number of amides is 1. The molecule has 2 heterocycles. The van der Waals surface area contributed by atoms with E-state index >= 15 is 0 Å². The summed E-state index contributed by atoms with van der Waals surface area (Å²) in [7, 11) is 0. The minimum Gasteiger partial charge on any atom is -0.338 e. The second-order valence-electron chi connectivity index (χ2n) is 5.36. The Bertz CT molecular complexity index is 415. The van der Waals surface area contributed by atoms with Crippen LogP contribution >= 0.6 is 24.8 Å². The zero-order valence-electron chi connectivity index (χ0n) is 12.4. The van der Waals surface area contributed by atoms with Crippen LogP contribution in [0, 0.1) is 0 Å². The van der Waals surface area contributed by atoms with Crippen molar-refractivity contribution in [1.82, 2.24) is 9.88 Å². The molecule has 1 saturated heterocycles. The molecule has 1 fully saturated rings. The molecule has 0 aliphatic carbocycles. The summed E-state index contributed by atoms with van der Waals surface area (Å²) in [5, 5.41) is 0. The van der Waals surface area contributed by atoms with Gasteiger partial charge < -0.3 is 10.6 Å². The number of hydrogen-bond acceptors (Lipinski definition) is 3. The van der Waals surface area contributed by atoms with Gasteiger partial charge in [-0.05, 0) is 50.3 Å². The van der Waals surface area contributed by atoms with Gasteiger partial charge in [0.05, 0.1) is 0 Å². The lowest BCUT2D eigenvalue weighted by Gasteiger charge is -2.38. The molecule has 0 spiro atoms. The van der Waals surface area contributed by atoms with E-state index in [1.165, 1.54) is 6.42 Å². The summed E-state index contributed by atoms with van der Waals surface area (Å²) in [6.45, 7) is 2.86. The summed E-state index contributed by atoms with van der Waals surface area (Å²) in [5.74, 6) is 0.235. The number of pyridine rings is 1. The van der Waals surface area contributed by atoms with Gasteiger partial charge in [0, 0.05) is 37.4 Å². The first kappa shape index (κ1) is 20.2. The molecule has 2 atom stereocenters. The minimum absolute atomic E-state index is 0. The predicted octanol–water partition coefficient (Wildman–Crippen LogP) is 2.59. The first-order chi connectivity index (χ1) is 9.18. The van der Waals surface area contributed by atoms with Crippen molar-refractivity contribution >= 4 is 30.7 Å². The molecule has 6 heteroatoms. The van der Waals surface area contributed by atoms with Crippen LogP contribution in [0.5, 0.6) is 0 Å². The first-order valence-electron chi connectivity index (χ1n) is 7.12. The van der Waals surface area contributed by atoms with E-state index in [0.29, 0.717) is 6.42 Å². The van der Waals surface area contributed by atoms with E-state index in [2.05, 4.69) is 4.98 Å². The molecule has 1 aromatic rings. The lowest BCUT2D eigenvalue weighted by Crippen LogP contribution is -2.51. The molecular formula is C15H25Cl2N3O. The third kappa shape index (κ3) is 5.81. The summed E-state index contributed by atoms with van der Waals surface area (Å²) < 4.78 is 0. The topological polar surface area (TPSA) is 59.2 Å². The smallest absolute Gasteiger partial charge is 0.223 e. The summed E-state index contributed by atoms with van der Waals surface area (Å²) >= 11 is 0. The number of nitrogens with two attached hydrogens (primary N) is 1. The van der Waals surface area contributed by atoms with Crippen LogP contribution in [0.3, 0.4) is 0 Å². The zero-order chi connectivity index (χ0) is 13.7. The highest BCUT2D eigenvalue weighted by Gasteiger charge is 2.28. The number of halogens is 2. The van der Waals surface area contributed by atoms with Gasteiger partial charge in [-0.15, -0.1) is 24.8 Å². The third-order valence-corrected chi connectivity index (χ3v) is 3.85. The van der Waals surface area contributed by atoms with Crippen LogP contribution in [0.2, 0.25) is 0 Å². The van der Waals surface area contributed by atoms with E-state index < -0.39 is 0 Å². The quantitative estimate of drug-likeness (QED) is 0.921. The SMILES string of the molecule is CC(N)C1CCCCN1C(=O)CCc1ccncc1.Cl.Cl. The van der Waals surface area contributed by atoms with E-state index in [-0.39, 0.29) is 42.8 Å². The number of aromatic nitrogens is 1. The van der Waals surface area contributed by atoms with Crippen molar-refractivity contribution in [2.45, 2.75) is 51.1 Å². The third-order valence-electron chi connectivity index (χ3n) is 3.85. The average Bonchev–Trinajstić information content (AvgIpc) is 2.46. The molecule has 2 rings (SSSR count). The van der Waals surface area contributed by atoms with Crippen molar-refractivity contribution in [1.29, 1.82) is 0 Å². The van der Waals surface area contributed by atoms with E-state index in [0.717, 1.165) is 31.4 Å². The van der Waals surface area contributed by atoms with Crippen LogP contribution in [-0.4, -0.2) is 34.4 Å². The minimum atomic E-state index is 0. The standard InChI is InChI=1S/C15H23N3O.2ClH/c1-12(16)14-4-2-3-11-18(14)15(19)6-5-13-7-9-17-10-8-13;;/h7-10,12,14H,2-6,11,16H2,1H3;2*1H. The molecule has 4 nitrogen and oxygen atoms in total. The fourth-order valence-electron chi connectivity index (χ4n) is 2.76. The van der Waals surface area contributed by atoms with Crippen LogP contribution in [0.4, 0.5) is 0 Å². The molecular weight excluding hydrogens is 309 g/mol. The Morgan fingerprint density at radius 1 is 1.38 bits per heavy atom. The maximum absolute atomic E-state index is 12.3. The fourth-order valence-corrected chi connectivity index (χ4v) is 2.76. The lowest BCUT2D eigenvalue weighted by atomic mass is 9.96. The highest BCUT2D eigenvalue weighted by Crippen LogP contribution is 2.20. The normalized spacial score (nSPS) is 19.1. The molecule has 0 radical (unpaired) electrons. The van der Waals surface area contributed by atoms with Gasteiger partial charge in [-0.25, -0.2) is 0 Å². The number of likely N-dealkylation sites (tertiary alicyclic amines) is 1. The molecule has 1 amide bonds. The molecule has 1 aromatic heterocycles. The maximum Gasteiger partial charge on any atom is 0.223 e. The molecule has 21 heavy (non-hydrogen) atoms. The highest BCUT2D eigenvalue weighted by atomic mass is 35.5. The molecule has 0 aromatic carbocycles. The van der Waals surface area contributed by atoms with Gasteiger partial charge in [0.2, 0.25) is 5.91 Å². The Hall–Kier alpha value is -0.840. The van der Waals surface area contributed by atoms with Crippen LogP contribution in [0.25, 0.3) is 0 Å². The van der Waals surface area contributed by atoms with E-state index in [9.17, 15) is 4.79 Å². The van der Waals surface area contributed by atoms with E-state index in [4.69, 9.17) is 5.73 Å². The number of hydrogen-bond donors (Lipinski definition) is 1. The average molecular weight is 334 g/mol. The van der Waals surface area contributed by atoms with Crippen molar-refractivity contribution in [3.8, 4) is 0 Å². The number of piperidine rings is 1. The van der Waals surface area contributed by atoms with Crippen molar-refractivity contribution in [2.24, 2.45) is 5.73 Å². The van der Waals surface area contributed by atoms with Crippen LogP contribution < -0.4 is 5.73 Å². The molecule has 0 bridgehead atoms. The summed E-state index contributed by atoms with van der Waals surface area (Å²) in [4.78, 5) is 18.3. The number of nitrogens with zero attached hydrogens (tertiary/aromatic N) is 2. The molecule has 1 aliphatic rings. The predicted molar refractivity (Wildman–Crippen MR) is 90.1 cm³/mol. The number of carbonyl (C=O) groups excluding carboxylic acids is 1. The van der Waals surface area contributed by atoms with Gasteiger partial charge in [0.15, 0.2) is 0 Å². The van der Waals surface area contributed by atoms with Gasteiger partial charge in [-0.1, -0.05) is 0 Å². The Balaban J connectivity index is 0.00000200. The van der Waals surface area contributed by atoms with Gasteiger partial charge in [-0.3, -0.25) is 9.78 Å². The van der Waals surface area contributed by atoms with Gasteiger partial charge in [-0.2, -0.15) is 0 Å². The Labute approximate surface area is 139 Å². The summed E-state index contributed by atoms with van der Waals surface area (Å²) in [5.41, 5.74) is 7.16. The monoisotopic (exact) mass is 333 g/mol. The Morgan fingerprint density at radius 3 is 2.67 bits per heavy atom. The number of aryl methyl sites for hydroxylation is 1. The number of carbonyl (C=O) groups is 1. The molecule has 2 N–H and O–H groups in total. The van der Waals surface area contributed by atoms with Crippen molar-refractivity contribution < 1.29 is 4.79 Å².